The molecule has 0 saturated carbocycles. The summed E-state index contributed by atoms with van der Waals surface area (Å²) >= 11 is 0. The minimum atomic E-state index is -1.06. The molecule has 1 aliphatic rings. The maximum atomic E-state index is 11.8. The molecular weight excluding hydrogens is 236 g/mol. The Morgan fingerprint density at radius 1 is 1.61 bits per heavy atom. The molecule has 6 heteroatoms. The average Bonchev–Trinajstić information content (AvgIpc) is 2.37. The molecule has 1 heterocycles. The van der Waals surface area contributed by atoms with Crippen molar-refractivity contribution in [1.29, 1.82) is 0 Å². The topological polar surface area (TPSA) is 92.9 Å². The van der Waals surface area contributed by atoms with Crippen LogP contribution in [0.15, 0.2) is 18.2 Å². The highest BCUT2D eigenvalue weighted by molar-refractivity contribution is 6.02. The highest BCUT2D eigenvalue weighted by atomic mass is 16.5. The zero-order chi connectivity index (χ0) is 13.3. The molecule has 1 atom stereocenters. The summed E-state index contributed by atoms with van der Waals surface area (Å²) in [7, 11) is 0. The molecule has 3 N–H and O–H groups in total. The number of ether oxygens (including phenoxy) is 1. The van der Waals surface area contributed by atoms with E-state index in [0.29, 0.717) is 18.0 Å². The summed E-state index contributed by atoms with van der Waals surface area (Å²) in [5, 5.41) is 9.02. The summed E-state index contributed by atoms with van der Waals surface area (Å²) < 4.78 is 5.30. The average molecular weight is 250 g/mol. The lowest BCUT2D eigenvalue weighted by Gasteiger charge is -2.32. The minimum Gasteiger partial charge on any atom is -0.482 e. The molecule has 0 saturated heterocycles. The smallest absolute Gasteiger partial charge is 0.326 e. The van der Waals surface area contributed by atoms with Gasteiger partial charge in [-0.25, -0.2) is 4.79 Å². The lowest BCUT2D eigenvalue weighted by Crippen LogP contribution is -2.48. The van der Waals surface area contributed by atoms with Gasteiger partial charge in [-0.05, 0) is 24.6 Å². The van der Waals surface area contributed by atoms with Gasteiger partial charge in [0, 0.05) is 6.54 Å². The number of rotatable bonds is 3. The number of amides is 1. The predicted molar refractivity (Wildman–Crippen MR) is 64.4 cm³/mol. The molecule has 18 heavy (non-hydrogen) atoms. The third-order valence-electron chi connectivity index (χ3n) is 2.88. The Balaban J connectivity index is 2.44. The van der Waals surface area contributed by atoms with Crippen molar-refractivity contribution in [3.05, 3.63) is 23.8 Å². The SMILES string of the molecule is CC(C(=O)O)N1C(=O)COc2cc(CN)ccc21. The highest BCUT2D eigenvalue weighted by Crippen LogP contribution is 2.34. The van der Waals surface area contributed by atoms with E-state index in [-0.39, 0.29) is 12.5 Å². The van der Waals surface area contributed by atoms with Crippen LogP contribution in [0.1, 0.15) is 12.5 Å². The fourth-order valence-corrected chi connectivity index (χ4v) is 1.88. The van der Waals surface area contributed by atoms with Crippen LogP contribution in [0.4, 0.5) is 5.69 Å². The molecule has 1 unspecified atom stereocenters. The Morgan fingerprint density at radius 2 is 2.33 bits per heavy atom. The predicted octanol–water partition coefficient (Wildman–Crippen LogP) is 0.344. The normalized spacial score (nSPS) is 15.9. The summed E-state index contributed by atoms with van der Waals surface area (Å²) in [6.07, 6.45) is 0. The number of nitrogens with two attached hydrogens (primary N) is 1. The highest BCUT2D eigenvalue weighted by Gasteiger charge is 2.32. The molecule has 1 amide bonds. The third-order valence-corrected chi connectivity index (χ3v) is 2.88. The third kappa shape index (κ3) is 2.02. The van der Waals surface area contributed by atoms with Crippen molar-refractivity contribution < 1.29 is 19.4 Å². The van der Waals surface area contributed by atoms with Gasteiger partial charge in [-0.3, -0.25) is 9.69 Å². The summed E-state index contributed by atoms with van der Waals surface area (Å²) in [5.41, 5.74) is 6.86. The van der Waals surface area contributed by atoms with Crippen LogP contribution >= 0.6 is 0 Å². The van der Waals surface area contributed by atoms with Crippen LogP contribution in [0.5, 0.6) is 5.75 Å². The van der Waals surface area contributed by atoms with E-state index < -0.39 is 12.0 Å². The Morgan fingerprint density at radius 3 is 2.94 bits per heavy atom. The van der Waals surface area contributed by atoms with Crippen LogP contribution in [0.2, 0.25) is 0 Å². The maximum Gasteiger partial charge on any atom is 0.326 e. The van der Waals surface area contributed by atoms with Crippen LogP contribution in [0.25, 0.3) is 0 Å². The van der Waals surface area contributed by atoms with Gasteiger partial charge in [0.2, 0.25) is 0 Å². The Kier molecular flexibility index (Phi) is 3.20. The van der Waals surface area contributed by atoms with Crippen molar-refractivity contribution in [2.75, 3.05) is 11.5 Å². The number of aliphatic carboxylic acids is 1. The van der Waals surface area contributed by atoms with Crippen LogP contribution in [0.3, 0.4) is 0 Å². The van der Waals surface area contributed by atoms with Crippen molar-refractivity contribution in [2.45, 2.75) is 19.5 Å². The Labute approximate surface area is 104 Å². The van der Waals surface area contributed by atoms with E-state index in [1.807, 2.05) is 0 Å². The number of hydrogen-bond donors (Lipinski definition) is 2. The molecule has 0 fully saturated rings. The number of carbonyl (C=O) groups excluding carboxylic acids is 1. The summed E-state index contributed by atoms with van der Waals surface area (Å²) in [5.74, 6) is -0.928. The van der Waals surface area contributed by atoms with E-state index in [0.717, 1.165) is 5.56 Å². The number of carboxylic acids is 1. The number of carboxylic acid groups (broad SMARTS) is 1. The van der Waals surface area contributed by atoms with Gasteiger partial charge in [0.25, 0.3) is 5.91 Å². The largest absolute Gasteiger partial charge is 0.482 e. The van der Waals surface area contributed by atoms with Gasteiger partial charge in [-0.1, -0.05) is 6.07 Å². The zero-order valence-corrected chi connectivity index (χ0v) is 9.92. The molecule has 96 valence electrons. The van der Waals surface area contributed by atoms with Gasteiger partial charge < -0.3 is 15.6 Å². The number of nitrogens with zero attached hydrogens (tertiary/aromatic N) is 1. The first-order chi connectivity index (χ1) is 8.54. The molecule has 1 aliphatic heterocycles. The van der Waals surface area contributed by atoms with Gasteiger partial charge in [-0.2, -0.15) is 0 Å². The molecule has 0 radical (unpaired) electrons. The first-order valence-corrected chi connectivity index (χ1v) is 5.55. The van der Waals surface area contributed by atoms with Crippen molar-refractivity contribution in [3.63, 3.8) is 0 Å². The van der Waals surface area contributed by atoms with Crippen molar-refractivity contribution in [1.82, 2.24) is 0 Å². The second-order valence-corrected chi connectivity index (χ2v) is 4.07. The zero-order valence-electron chi connectivity index (χ0n) is 9.92. The first-order valence-electron chi connectivity index (χ1n) is 5.55. The second kappa shape index (κ2) is 4.66. The fraction of sp³-hybridized carbons (Fsp3) is 0.333. The number of fused-ring (bicyclic) bond motifs is 1. The molecule has 6 nitrogen and oxygen atoms in total. The van der Waals surface area contributed by atoms with E-state index in [9.17, 15) is 9.59 Å². The quantitative estimate of drug-likeness (QED) is 0.807. The van der Waals surface area contributed by atoms with Crippen molar-refractivity contribution >= 4 is 17.6 Å². The van der Waals surface area contributed by atoms with Gasteiger partial charge in [0.1, 0.15) is 11.8 Å². The first kappa shape index (κ1) is 12.4. The minimum absolute atomic E-state index is 0.154. The van der Waals surface area contributed by atoms with Crippen LogP contribution in [-0.4, -0.2) is 29.6 Å². The summed E-state index contributed by atoms with van der Waals surface area (Å²) in [4.78, 5) is 24.0. The van der Waals surface area contributed by atoms with Crippen LogP contribution in [0, 0.1) is 0 Å². The fourth-order valence-electron chi connectivity index (χ4n) is 1.88. The Bertz CT molecular complexity index is 501. The number of benzene rings is 1. The van der Waals surface area contributed by atoms with Crippen molar-refractivity contribution in [3.8, 4) is 5.75 Å². The summed E-state index contributed by atoms with van der Waals surface area (Å²) in [6.45, 7) is 1.67. The number of anilines is 1. The molecule has 0 spiro atoms. The lowest BCUT2D eigenvalue weighted by atomic mass is 10.1. The van der Waals surface area contributed by atoms with E-state index >= 15 is 0 Å². The van der Waals surface area contributed by atoms with E-state index in [2.05, 4.69) is 0 Å². The van der Waals surface area contributed by atoms with Crippen LogP contribution in [-0.2, 0) is 16.1 Å². The van der Waals surface area contributed by atoms with Gasteiger partial charge >= 0.3 is 5.97 Å². The van der Waals surface area contributed by atoms with Gasteiger partial charge in [0.15, 0.2) is 6.61 Å². The Hall–Kier alpha value is -2.08. The molecule has 1 aromatic carbocycles. The standard InChI is InChI=1S/C12H14N2O4/c1-7(12(16)17)14-9-3-2-8(5-13)4-10(9)18-6-11(14)15/h2-4,7H,5-6,13H2,1H3,(H,16,17). The molecule has 0 aromatic heterocycles. The monoisotopic (exact) mass is 250 g/mol. The summed E-state index contributed by atoms with van der Waals surface area (Å²) in [6, 6.07) is 4.21. The van der Waals surface area contributed by atoms with E-state index in [4.69, 9.17) is 15.6 Å². The lowest BCUT2D eigenvalue weighted by molar-refractivity contribution is -0.140. The molecular formula is C12H14N2O4. The number of carbonyl (C=O) groups is 2. The molecule has 0 aliphatic carbocycles. The second-order valence-electron chi connectivity index (χ2n) is 4.07. The molecule has 1 aromatic rings. The van der Waals surface area contributed by atoms with Gasteiger partial charge in [-0.15, -0.1) is 0 Å². The molecule has 2 rings (SSSR count). The maximum absolute atomic E-state index is 11.8. The molecule has 0 bridgehead atoms. The number of hydrogen-bond acceptors (Lipinski definition) is 4. The van der Waals surface area contributed by atoms with Gasteiger partial charge in [0.05, 0.1) is 5.69 Å². The van der Waals surface area contributed by atoms with E-state index in [1.165, 1.54) is 11.8 Å². The van der Waals surface area contributed by atoms with E-state index in [1.54, 1.807) is 18.2 Å². The van der Waals surface area contributed by atoms with Crippen LogP contribution < -0.4 is 15.4 Å². The van der Waals surface area contributed by atoms with Crippen molar-refractivity contribution in [2.24, 2.45) is 5.73 Å².